The monoisotopic (exact) mass is 627 g/mol. The first-order valence-electron chi connectivity index (χ1n) is 13.2. The zero-order valence-corrected chi connectivity index (χ0v) is 26.1. The van der Waals surface area contributed by atoms with E-state index in [9.17, 15) is 9.18 Å². The summed E-state index contributed by atoms with van der Waals surface area (Å²) in [6, 6.07) is 14.1. The summed E-state index contributed by atoms with van der Waals surface area (Å²) < 4.78 is 25.3. The lowest BCUT2D eigenvalue weighted by molar-refractivity contribution is -0.138. The Morgan fingerprint density at radius 3 is 2.52 bits per heavy atom. The molecule has 3 aromatic carbocycles. The standard InChI is InChI=1S/C33H36BrClFNO3/c1-20(2)31(23(5)37-6)32-21(3)27(14-15-29(32)35)26(22(4)33(38)40-18-16-34)10-8-17-39-30-11-7-9-24-19-25(36)12-13-28(24)30/h7,9,11-15,19,37H,1,8,10,16-18H2,2-6H3/b26-22+,31-23+. The molecule has 0 radical (unpaired) electrons. The summed E-state index contributed by atoms with van der Waals surface area (Å²) in [6.45, 7) is 12.6. The Morgan fingerprint density at radius 1 is 1.10 bits per heavy atom. The molecule has 3 aromatic rings. The van der Waals surface area contributed by atoms with Crippen LogP contribution >= 0.6 is 27.5 Å². The van der Waals surface area contributed by atoms with Gasteiger partial charge in [-0.15, -0.1) is 0 Å². The highest BCUT2D eigenvalue weighted by molar-refractivity contribution is 9.09. The molecule has 40 heavy (non-hydrogen) atoms. The van der Waals surface area contributed by atoms with Crippen LogP contribution in [0.5, 0.6) is 5.75 Å². The van der Waals surface area contributed by atoms with Crippen LogP contribution in [0, 0.1) is 12.7 Å². The van der Waals surface area contributed by atoms with Crippen molar-refractivity contribution in [1.82, 2.24) is 5.32 Å². The molecule has 0 aliphatic carbocycles. The second-order valence-corrected chi connectivity index (χ2v) is 10.8. The third kappa shape index (κ3) is 7.35. The smallest absolute Gasteiger partial charge is 0.334 e. The zero-order valence-electron chi connectivity index (χ0n) is 23.7. The van der Waals surface area contributed by atoms with Crippen molar-refractivity contribution >= 4 is 55.4 Å². The molecule has 0 atom stereocenters. The van der Waals surface area contributed by atoms with Crippen molar-refractivity contribution < 1.29 is 18.7 Å². The van der Waals surface area contributed by atoms with Crippen molar-refractivity contribution in [3.63, 3.8) is 0 Å². The number of ether oxygens (including phenoxy) is 2. The van der Waals surface area contributed by atoms with Gasteiger partial charge in [0.1, 0.15) is 18.2 Å². The van der Waals surface area contributed by atoms with Gasteiger partial charge in [-0.25, -0.2) is 9.18 Å². The lowest BCUT2D eigenvalue weighted by atomic mass is 9.86. The number of halogens is 3. The minimum absolute atomic E-state index is 0.281. The summed E-state index contributed by atoms with van der Waals surface area (Å²) >= 11 is 10.1. The molecule has 0 saturated heterocycles. The van der Waals surface area contributed by atoms with Crippen LogP contribution in [0.15, 0.2) is 72.0 Å². The first kappa shape index (κ1) is 31.4. The highest BCUT2D eigenvalue weighted by Crippen LogP contribution is 2.38. The Balaban J connectivity index is 1.98. The van der Waals surface area contributed by atoms with Gasteiger partial charge in [0.15, 0.2) is 0 Å². The Kier molecular flexibility index (Phi) is 11.4. The largest absolute Gasteiger partial charge is 0.493 e. The summed E-state index contributed by atoms with van der Waals surface area (Å²) in [5, 5.41) is 6.03. The van der Waals surface area contributed by atoms with Crippen molar-refractivity contribution in [2.45, 2.75) is 40.5 Å². The minimum Gasteiger partial charge on any atom is -0.493 e. The van der Waals surface area contributed by atoms with E-state index in [2.05, 4.69) is 27.8 Å². The van der Waals surface area contributed by atoms with Crippen molar-refractivity contribution in [1.29, 1.82) is 0 Å². The maximum Gasteiger partial charge on any atom is 0.334 e. The van der Waals surface area contributed by atoms with Gasteiger partial charge in [-0.05, 0) is 98.5 Å². The number of alkyl halides is 1. The summed E-state index contributed by atoms with van der Waals surface area (Å²) in [6.07, 6.45) is 1.22. The molecule has 7 heteroatoms. The van der Waals surface area contributed by atoms with Gasteiger partial charge in [0.2, 0.25) is 0 Å². The summed E-state index contributed by atoms with van der Waals surface area (Å²) in [4.78, 5) is 13.0. The number of carbonyl (C=O) groups is 1. The number of nitrogens with one attached hydrogen (secondary N) is 1. The summed E-state index contributed by atoms with van der Waals surface area (Å²) in [5.74, 6) is 0.0543. The Labute approximate surface area is 250 Å². The topological polar surface area (TPSA) is 47.6 Å². The molecule has 1 N–H and O–H groups in total. The number of fused-ring (bicyclic) bond motifs is 1. The van der Waals surface area contributed by atoms with Crippen LogP contribution < -0.4 is 10.1 Å². The molecule has 0 spiro atoms. The predicted molar refractivity (Wildman–Crippen MR) is 169 cm³/mol. The van der Waals surface area contributed by atoms with Crippen LogP contribution in [0.2, 0.25) is 5.02 Å². The molecular weight excluding hydrogens is 593 g/mol. The van der Waals surface area contributed by atoms with E-state index >= 15 is 0 Å². The Bertz CT molecular complexity index is 1480. The maximum absolute atomic E-state index is 13.7. The lowest BCUT2D eigenvalue weighted by Crippen LogP contribution is -2.12. The molecule has 0 bridgehead atoms. The molecule has 0 aliphatic heterocycles. The third-order valence-corrected chi connectivity index (χ3v) is 7.51. The van der Waals surface area contributed by atoms with E-state index in [-0.39, 0.29) is 18.4 Å². The van der Waals surface area contributed by atoms with E-state index in [4.69, 9.17) is 21.1 Å². The molecular formula is C33H36BrClFNO3. The van der Waals surface area contributed by atoms with Crippen molar-refractivity contribution in [2.24, 2.45) is 0 Å². The van der Waals surface area contributed by atoms with Gasteiger partial charge in [0, 0.05) is 45.2 Å². The fraction of sp³-hybridized carbons (Fsp3) is 0.303. The van der Waals surface area contributed by atoms with Crippen molar-refractivity contribution in [3.05, 3.63) is 99.5 Å². The zero-order chi connectivity index (χ0) is 29.4. The Morgan fingerprint density at radius 2 is 1.85 bits per heavy atom. The van der Waals surface area contributed by atoms with Crippen LogP contribution in [0.4, 0.5) is 4.39 Å². The highest BCUT2D eigenvalue weighted by atomic mass is 79.9. The van der Waals surface area contributed by atoms with Crippen LogP contribution in [-0.2, 0) is 9.53 Å². The van der Waals surface area contributed by atoms with Gasteiger partial charge in [-0.1, -0.05) is 52.3 Å². The third-order valence-electron chi connectivity index (χ3n) is 6.87. The van der Waals surface area contributed by atoms with Crippen LogP contribution in [0.25, 0.3) is 21.9 Å². The molecule has 0 aromatic heterocycles. The van der Waals surface area contributed by atoms with Gasteiger partial charge < -0.3 is 14.8 Å². The summed E-state index contributed by atoms with van der Waals surface area (Å²) in [5.41, 5.74) is 6.98. The number of hydrogen-bond donors (Lipinski definition) is 1. The highest BCUT2D eigenvalue weighted by Gasteiger charge is 2.21. The SMILES string of the molecule is C=C(C)/C(=C(/C)NC)c1c(Cl)ccc(/C(CCCOc2cccc3cc(F)ccc23)=C(\C)C(=O)OCCBr)c1C. The van der Waals surface area contributed by atoms with E-state index < -0.39 is 0 Å². The number of carbonyl (C=O) groups excluding carboxylic acids is 1. The van der Waals surface area contributed by atoms with Gasteiger partial charge in [-0.3, -0.25) is 0 Å². The molecule has 0 heterocycles. The molecule has 0 amide bonds. The molecule has 0 fully saturated rings. The van der Waals surface area contributed by atoms with Gasteiger partial charge >= 0.3 is 5.97 Å². The van der Waals surface area contributed by atoms with E-state index in [1.54, 1.807) is 13.0 Å². The van der Waals surface area contributed by atoms with Gasteiger partial charge in [-0.2, -0.15) is 0 Å². The minimum atomic E-state index is -0.357. The van der Waals surface area contributed by atoms with E-state index in [1.165, 1.54) is 12.1 Å². The van der Waals surface area contributed by atoms with E-state index in [1.807, 2.05) is 58.2 Å². The molecule has 0 aliphatic rings. The number of allylic oxidation sites excluding steroid dienone is 4. The molecule has 4 nitrogen and oxygen atoms in total. The van der Waals surface area contributed by atoms with Crippen LogP contribution in [0.1, 0.15) is 50.3 Å². The van der Waals surface area contributed by atoms with Crippen molar-refractivity contribution in [3.8, 4) is 5.75 Å². The molecule has 0 saturated carbocycles. The quantitative estimate of drug-likeness (QED) is 0.0715. The fourth-order valence-corrected chi connectivity index (χ4v) is 5.29. The molecule has 3 rings (SSSR count). The van der Waals surface area contributed by atoms with E-state index in [0.717, 1.165) is 49.9 Å². The number of benzene rings is 3. The number of rotatable bonds is 12. The first-order chi connectivity index (χ1) is 19.1. The van der Waals surface area contributed by atoms with Crippen LogP contribution in [0.3, 0.4) is 0 Å². The molecule has 212 valence electrons. The average molecular weight is 629 g/mol. The number of esters is 1. The Hall–Kier alpha value is -3.09. The number of hydrogen-bond acceptors (Lipinski definition) is 4. The molecule has 0 unspecified atom stereocenters. The normalized spacial score (nSPS) is 12.5. The summed E-state index contributed by atoms with van der Waals surface area (Å²) in [7, 11) is 1.87. The first-order valence-corrected chi connectivity index (χ1v) is 14.7. The second-order valence-electron chi connectivity index (χ2n) is 9.63. The van der Waals surface area contributed by atoms with Gasteiger partial charge in [0.05, 0.1) is 6.61 Å². The average Bonchev–Trinajstić information content (AvgIpc) is 2.93. The van der Waals surface area contributed by atoms with Gasteiger partial charge in [0.25, 0.3) is 0 Å². The van der Waals surface area contributed by atoms with Crippen molar-refractivity contribution in [2.75, 3.05) is 25.6 Å². The maximum atomic E-state index is 13.7. The van der Waals surface area contributed by atoms with E-state index in [0.29, 0.717) is 41.1 Å². The second kappa shape index (κ2) is 14.5. The fourth-order valence-electron chi connectivity index (χ4n) is 4.83. The lowest BCUT2D eigenvalue weighted by Gasteiger charge is -2.21. The van der Waals surface area contributed by atoms with Crippen LogP contribution in [-0.4, -0.2) is 31.6 Å². The predicted octanol–water partition coefficient (Wildman–Crippen LogP) is 9.04.